The zero-order valence-corrected chi connectivity index (χ0v) is 29.9. The highest BCUT2D eigenvalue weighted by Gasteiger charge is 2.35. The number of carbonyl (C=O) groups is 1. The van der Waals surface area contributed by atoms with Gasteiger partial charge in [-0.15, -0.1) is 0 Å². The number of hydrogen-bond donors (Lipinski definition) is 0. The van der Waals surface area contributed by atoms with Gasteiger partial charge in [-0.1, -0.05) is 83.4 Å². The molecular formula is C41H37ClN2O5S. The number of hydrogen-bond acceptors (Lipinski definition) is 7. The smallest absolute Gasteiger partial charge is 0.271 e. The lowest BCUT2D eigenvalue weighted by Gasteiger charge is -2.16. The number of carbonyl (C=O) groups excluding carboxylic acids is 1. The number of amidine groups is 1. The number of nitrogens with zero attached hydrogens (tertiary/aromatic N) is 2. The Labute approximate surface area is 302 Å². The first-order valence-corrected chi connectivity index (χ1v) is 17.4. The van der Waals surface area contributed by atoms with Crippen LogP contribution in [0.15, 0.2) is 119 Å². The van der Waals surface area contributed by atoms with Crippen molar-refractivity contribution < 1.29 is 23.7 Å². The summed E-state index contributed by atoms with van der Waals surface area (Å²) in [4.78, 5) is 20.9. The quantitative estimate of drug-likeness (QED) is 0.120. The Hall–Kier alpha value is -5.18. The summed E-state index contributed by atoms with van der Waals surface area (Å²) in [5.74, 6) is 1.94. The second-order valence-corrected chi connectivity index (χ2v) is 13.0. The van der Waals surface area contributed by atoms with Crippen LogP contribution in [0.4, 0.5) is 11.4 Å². The van der Waals surface area contributed by atoms with Crippen molar-refractivity contribution in [3.8, 4) is 23.0 Å². The number of benzene rings is 5. The molecule has 1 amide bonds. The molecule has 0 N–H and O–H groups in total. The van der Waals surface area contributed by atoms with E-state index in [0.29, 0.717) is 56.9 Å². The molecule has 1 saturated heterocycles. The average molecular weight is 705 g/mol. The summed E-state index contributed by atoms with van der Waals surface area (Å²) >= 11 is 8.10. The van der Waals surface area contributed by atoms with Crippen LogP contribution in [0.25, 0.3) is 6.08 Å². The van der Waals surface area contributed by atoms with Crippen LogP contribution in [0.2, 0.25) is 5.02 Å². The topological polar surface area (TPSA) is 69.6 Å². The molecule has 1 aliphatic rings. The molecule has 1 aliphatic heterocycles. The molecule has 1 heterocycles. The Morgan fingerprint density at radius 1 is 0.760 bits per heavy atom. The lowest BCUT2D eigenvalue weighted by molar-refractivity contribution is -0.113. The van der Waals surface area contributed by atoms with Crippen LogP contribution in [0.1, 0.15) is 34.7 Å². The Kier molecular flexibility index (Phi) is 11.1. The summed E-state index contributed by atoms with van der Waals surface area (Å²) in [6, 6.07) is 35.0. The predicted octanol–water partition coefficient (Wildman–Crippen LogP) is 10.3. The second-order valence-electron chi connectivity index (χ2n) is 11.6. The van der Waals surface area contributed by atoms with Crippen LogP contribution in [-0.4, -0.2) is 24.8 Å². The average Bonchev–Trinajstić information content (AvgIpc) is 3.42. The van der Waals surface area contributed by atoms with E-state index in [-0.39, 0.29) is 12.5 Å². The molecule has 0 atom stereocenters. The normalized spacial score (nSPS) is 14.3. The van der Waals surface area contributed by atoms with Gasteiger partial charge in [-0.05, 0) is 104 Å². The molecule has 0 unspecified atom stereocenters. The summed E-state index contributed by atoms with van der Waals surface area (Å²) in [5, 5.41) is 0.915. The van der Waals surface area contributed by atoms with Crippen molar-refractivity contribution in [2.75, 3.05) is 18.6 Å². The van der Waals surface area contributed by atoms with Crippen LogP contribution in [0, 0.1) is 13.8 Å². The zero-order chi connectivity index (χ0) is 35.0. The van der Waals surface area contributed by atoms with E-state index >= 15 is 0 Å². The third-order valence-corrected chi connectivity index (χ3v) is 9.08. The number of thioether (sulfide) groups is 1. The number of rotatable bonds is 12. The lowest BCUT2D eigenvalue weighted by atomic mass is 10.1. The number of aryl methyl sites for hydroxylation is 2. The van der Waals surface area contributed by atoms with E-state index in [1.54, 1.807) is 30.2 Å². The maximum absolute atomic E-state index is 13.9. The monoisotopic (exact) mass is 704 g/mol. The highest BCUT2D eigenvalue weighted by atomic mass is 35.5. The summed E-state index contributed by atoms with van der Waals surface area (Å²) in [5.41, 5.74) is 6.37. The minimum Gasteiger partial charge on any atom is -0.493 e. The van der Waals surface area contributed by atoms with Gasteiger partial charge in [0.2, 0.25) is 0 Å². The van der Waals surface area contributed by atoms with E-state index in [1.807, 2.05) is 118 Å². The van der Waals surface area contributed by atoms with Crippen molar-refractivity contribution in [3.63, 3.8) is 0 Å². The van der Waals surface area contributed by atoms with Gasteiger partial charge in [0.25, 0.3) is 5.91 Å². The fourth-order valence-electron chi connectivity index (χ4n) is 5.24. The third kappa shape index (κ3) is 8.33. The maximum atomic E-state index is 13.9. The summed E-state index contributed by atoms with van der Waals surface area (Å²) in [6.45, 7) is 7.11. The van der Waals surface area contributed by atoms with Gasteiger partial charge in [0.15, 0.2) is 28.2 Å². The van der Waals surface area contributed by atoms with Crippen LogP contribution < -0.4 is 23.8 Å². The Bertz CT molecular complexity index is 2030. The first-order chi connectivity index (χ1) is 24.3. The van der Waals surface area contributed by atoms with E-state index in [1.165, 1.54) is 11.8 Å². The predicted molar refractivity (Wildman–Crippen MR) is 203 cm³/mol. The molecule has 7 nitrogen and oxygen atoms in total. The van der Waals surface area contributed by atoms with Gasteiger partial charge in [0, 0.05) is 0 Å². The number of aliphatic imine (C=N–C) groups is 1. The van der Waals surface area contributed by atoms with E-state index in [4.69, 9.17) is 35.5 Å². The molecule has 0 aromatic heterocycles. The molecule has 0 spiro atoms. The summed E-state index contributed by atoms with van der Waals surface area (Å²) in [7, 11) is 1.56. The summed E-state index contributed by atoms with van der Waals surface area (Å²) < 4.78 is 23.8. The molecule has 9 heteroatoms. The fourth-order valence-corrected chi connectivity index (χ4v) is 6.51. The van der Waals surface area contributed by atoms with Gasteiger partial charge in [-0.25, -0.2) is 4.99 Å². The SMILES string of the molecule is CCOc1cc(COc2c(Cl)cc(/C=C3/SC(=Nc4ccc(C)cc4)N(c4ccc(C)cc4)C3=O)cc2OC)ccc1OCc1ccccc1. The number of anilines is 1. The molecule has 5 aromatic rings. The van der Waals surface area contributed by atoms with Crippen LogP contribution in [0.5, 0.6) is 23.0 Å². The van der Waals surface area contributed by atoms with E-state index in [0.717, 1.165) is 33.6 Å². The molecule has 0 aliphatic carbocycles. The van der Waals surface area contributed by atoms with Gasteiger partial charge in [-0.3, -0.25) is 9.69 Å². The molecule has 50 heavy (non-hydrogen) atoms. The minimum absolute atomic E-state index is 0.179. The van der Waals surface area contributed by atoms with Crippen molar-refractivity contribution >= 4 is 51.9 Å². The van der Waals surface area contributed by atoms with Gasteiger partial charge in [-0.2, -0.15) is 0 Å². The first kappa shape index (κ1) is 34.7. The first-order valence-electron chi connectivity index (χ1n) is 16.2. The Balaban J connectivity index is 1.22. The standard InChI is InChI=1S/C41H37ClN2O5S/c1-5-47-36-22-30(15-20-35(36)48-25-29-9-7-6-8-10-29)26-49-39-34(42)21-31(23-37(39)46-4)24-38-40(45)44(33-18-13-28(3)14-19-33)41(50-38)43-32-16-11-27(2)12-17-32/h6-24H,5,25-26H2,1-4H3/b38-24+,43-41?. The minimum atomic E-state index is -0.179. The van der Waals surface area contributed by atoms with Gasteiger partial charge >= 0.3 is 0 Å². The van der Waals surface area contributed by atoms with E-state index in [2.05, 4.69) is 0 Å². The summed E-state index contributed by atoms with van der Waals surface area (Å²) in [6.07, 6.45) is 1.80. The molecule has 0 bridgehead atoms. The Morgan fingerprint density at radius 3 is 2.16 bits per heavy atom. The number of methoxy groups -OCH3 is 1. The molecular weight excluding hydrogens is 668 g/mol. The maximum Gasteiger partial charge on any atom is 0.271 e. The largest absolute Gasteiger partial charge is 0.493 e. The molecule has 1 fully saturated rings. The van der Waals surface area contributed by atoms with Crippen molar-refractivity contribution in [2.45, 2.75) is 34.0 Å². The second kappa shape index (κ2) is 16.0. The van der Waals surface area contributed by atoms with E-state index < -0.39 is 0 Å². The van der Waals surface area contributed by atoms with Crippen LogP contribution >= 0.6 is 23.4 Å². The van der Waals surface area contributed by atoms with Gasteiger partial charge < -0.3 is 18.9 Å². The lowest BCUT2D eigenvalue weighted by Crippen LogP contribution is -2.28. The van der Waals surface area contributed by atoms with E-state index in [9.17, 15) is 4.79 Å². The third-order valence-electron chi connectivity index (χ3n) is 7.84. The van der Waals surface area contributed by atoms with Crippen molar-refractivity contribution in [3.05, 3.63) is 147 Å². The zero-order valence-electron chi connectivity index (χ0n) is 28.3. The number of amides is 1. The van der Waals surface area contributed by atoms with Crippen molar-refractivity contribution in [1.29, 1.82) is 0 Å². The molecule has 254 valence electrons. The highest BCUT2D eigenvalue weighted by Crippen LogP contribution is 2.41. The fraction of sp³-hybridized carbons (Fsp3) is 0.171. The number of ether oxygens (including phenoxy) is 4. The number of halogens is 1. The van der Waals surface area contributed by atoms with Crippen LogP contribution in [-0.2, 0) is 18.0 Å². The van der Waals surface area contributed by atoms with Crippen molar-refractivity contribution in [1.82, 2.24) is 0 Å². The Morgan fingerprint density at radius 2 is 1.46 bits per heavy atom. The molecule has 0 radical (unpaired) electrons. The van der Waals surface area contributed by atoms with Gasteiger partial charge in [0.05, 0.1) is 35.0 Å². The molecule has 6 rings (SSSR count). The van der Waals surface area contributed by atoms with Gasteiger partial charge in [0.1, 0.15) is 13.2 Å². The molecule has 5 aromatic carbocycles. The highest BCUT2D eigenvalue weighted by molar-refractivity contribution is 8.19. The molecule has 0 saturated carbocycles. The van der Waals surface area contributed by atoms with Crippen molar-refractivity contribution in [2.24, 2.45) is 4.99 Å². The van der Waals surface area contributed by atoms with Crippen LogP contribution in [0.3, 0.4) is 0 Å².